The summed E-state index contributed by atoms with van der Waals surface area (Å²) in [6.45, 7) is -0.429. The average Bonchev–Trinajstić information content (AvgIpc) is 2.39. The van der Waals surface area contributed by atoms with Gasteiger partial charge in [0.2, 0.25) is 0 Å². The van der Waals surface area contributed by atoms with Crippen molar-refractivity contribution in [3.05, 3.63) is 35.6 Å². The Hall–Kier alpha value is -1.84. The van der Waals surface area contributed by atoms with E-state index in [1.165, 1.54) is 44.6 Å². The van der Waals surface area contributed by atoms with Crippen LogP contribution in [0.25, 0.3) is 0 Å². The molecule has 0 radical (unpaired) electrons. The first-order chi connectivity index (χ1) is 9.31. The zero-order valence-electron chi connectivity index (χ0n) is 11.0. The van der Waals surface area contributed by atoms with E-state index in [2.05, 4.69) is 15.2 Å². The van der Waals surface area contributed by atoms with Gasteiger partial charge in [-0.1, -0.05) is 12.1 Å². The number of amides is 1. The van der Waals surface area contributed by atoms with Crippen molar-refractivity contribution in [3.8, 4) is 0 Å². The highest BCUT2D eigenvalue weighted by atomic mass is 32.2. The summed E-state index contributed by atoms with van der Waals surface area (Å²) in [5.41, 5.74) is 2.75. The molecular formula is C11H15FN4O3S. The Labute approximate surface area is 116 Å². The minimum Gasteiger partial charge on any atom is -0.272 e. The van der Waals surface area contributed by atoms with Gasteiger partial charge in [0.25, 0.3) is 16.1 Å². The van der Waals surface area contributed by atoms with Gasteiger partial charge in [0.1, 0.15) is 5.82 Å². The van der Waals surface area contributed by atoms with Crippen molar-refractivity contribution in [2.24, 2.45) is 5.10 Å². The lowest BCUT2D eigenvalue weighted by atomic mass is 10.2. The fourth-order valence-corrected chi connectivity index (χ4v) is 1.62. The van der Waals surface area contributed by atoms with E-state index in [1.54, 1.807) is 0 Å². The number of hydrazone groups is 1. The summed E-state index contributed by atoms with van der Waals surface area (Å²) in [6, 6.07) is 5.49. The summed E-state index contributed by atoms with van der Waals surface area (Å²) in [4.78, 5) is 11.3. The van der Waals surface area contributed by atoms with Gasteiger partial charge in [-0.05, 0) is 17.7 Å². The Bertz CT molecular complexity index is 584. The summed E-state index contributed by atoms with van der Waals surface area (Å²) >= 11 is 0. The second-order valence-electron chi connectivity index (χ2n) is 3.95. The number of nitrogens with one attached hydrogen (secondary N) is 2. The van der Waals surface area contributed by atoms with Gasteiger partial charge < -0.3 is 0 Å². The fourth-order valence-electron chi connectivity index (χ4n) is 1.05. The van der Waals surface area contributed by atoms with E-state index in [0.29, 0.717) is 5.56 Å². The van der Waals surface area contributed by atoms with Crippen molar-refractivity contribution in [1.29, 1.82) is 0 Å². The summed E-state index contributed by atoms with van der Waals surface area (Å²) in [5.74, 6) is -0.988. The molecule has 0 fully saturated rings. The molecule has 0 heterocycles. The van der Waals surface area contributed by atoms with E-state index in [1.807, 2.05) is 0 Å². The van der Waals surface area contributed by atoms with Crippen molar-refractivity contribution >= 4 is 22.3 Å². The summed E-state index contributed by atoms with van der Waals surface area (Å²) < 4.78 is 38.3. The molecule has 0 aliphatic rings. The smallest absolute Gasteiger partial charge is 0.272 e. The molecule has 0 aliphatic heterocycles. The van der Waals surface area contributed by atoms with Crippen molar-refractivity contribution < 1.29 is 17.6 Å². The lowest BCUT2D eigenvalue weighted by Gasteiger charge is -2.11. The molecule has 1 aromatic carbocycles. The predicted molar refractivity (Wildman–Crippen MR) is 72.7 cm³/mol. The van der Waals surface area contributed by atoms with Gasteiger partial charge in [0.05, 0.1) is 12.8 Å². The normalized spacial score (nSPS) is 12.0. The van der Waals surface area contributed by atoms with E-state index in [4.69, 9.17) is 0 Å². The van der Waals surface area contributed by atoms with Crippen LogP contribution in [0.5, 0.6) is 0 Å². The first-order valence-corrected chi connectivity index (χ1v) is 7.00. The van der Waals surface area contributed by atoms with Crippen LogP contribution < -0.4 is 10.1 Å². The zero-order chi connectivity index (χ0) is 15.2. The van der Waals surface area contributed by atoms with Crippen LogP contribution in [0.2, 0.25) is 0 Å². The lowest BCUT2D eigenvalue weighted by molar-refractivity contribution is -0.119. The highest BCUT2D eigenvalue weighted by molar-refractivity contribution is 7.87. The SMILES string of the molecule is CN(C)S(=O)(=O)NCC(=O)N/N=C/c1ccc(F)cc1. The van der Waals surface area contributed by atoms with Gasteiger partial charge in [0, 0.05) is 14.1 Å². The Morgan fingerprint density at radius 2 is 1.95 bits per heavy atom. The van der Waals surface area contributed by atoms with Crippen LogP contribution in [0.4, 0.5) is 4.39 Å². The highest BCUT2D eigenvalue weighted by Gasteiger charge is 2.13. The van der Waals surface area contributed by atoms with Crippen LogP contribution in [0, 0.1) is 5.82 Å². The predicted octanol–water partition coefficient (Wildman–Crippen LogP) is -0.328. The molecule has 1 rings (SSSR count). The van der Waals surface area contributed by atoms with Crippen molar-refractivity contribution in [3.63, 3.8) is 0 Å². The van der Waals surface area contributed by atoms with Gasteiger partial charge in [-0.3, -0.25) is 4.79 Å². The molecule has 7 nitrogen and oxygen atoms in total. The summed E-state index contributed by atoms with van der Waals surface area (Å²) in [6.07, 6.45) is 1.32. The number of halogens is 1. The number of rotatable bonds is 6. The highest BCUT2D eigenvalue weighted by Crippen LogP contribution is 1.99. The quantitative estimate of drug-likeness (QED) is 0.557. The first kappa shape index (κ1) is 16.2. The zero-order valence-corrected chi connectivity index (χ0v) is 11.8. The van der Waals surface area contributed by atoms with Crippen molar-refractivity contribution in [1.82, 2.24) is 14.5 Å². The van der Waals surface area contributed by atoms with Gasteiger partial charge in [0.15, 0.2) is 0 Å². The molecule has 0 spiro atoms. The molecule has 0 bridgehead atoms. The molecule has 1 aromatic rings. The van der Waals surface area contributed by atoms with Crippen LogP contribution in [0.3, 0.4) is 0 Å². The number of hydrogen-bond acceptors (Lipinski definition) is 4. The second-order valence-corrected chi connectivity index (χ2v) is 5.92. The Kier molecular flexibility index (Phi) is 5.74. The largest absolute Gasteiger partial charge is 0.279 e. The Morgan fingerprint density at radius 3 is 2.50 bits per heavy atom. The second kappa shape index (κ2) is 7.08. The van der Waals surface area contributed by atoms with Gasteiger partial charge >= 0.3 is 0 Å². The number of nitrogens with zero attached hydrogens (tertiary/aromatic N) is 2. The van der Waals surface area contributed by atoms with Crippen molar-refractivity contribution in [2.45, 2.75) is 0 Å². The average molecular weight is 302 g/mol. The molecule has 0 saturated heterocycles. The van der Waals surface area contributed by atoms with Gasteiger partial charge in [-0.25, -0.2) is 9.82 Å². The summed E-state index contributed by atoms with van der Waals surface area (Å²) in [7, 11) is -0.966. The third-order valence-electron chi connectivity index (χ3n) is 2.17. The Balaban J connectivity index is 2.42. The first-order valence-electron chi connectivity index (χ1n) is 5.56. The lowest BCUT2D eigenvalue weighted by Crippen LogP contribution is -2.41. The molecular weight excluding hydrogens is 287 g/mol. The number of carbonyl (C=O) groups excluding carboxylic acids is 1. The third-order valence-corrected chi connectivity index (χ3v) is 3.64. The fraction of sp³-hybridized carbons (Fsp3) is 0.273. The minimum absolute atomic E-state index is 0.371. The molecule has 9 heteroatoms. The van der Waals surface area contributed by atoms with Gasteiger partial charge in [-0.15, -0.1) is 0 Å². The molecule has 0 aliphatic carbocycles. The summed E-state index contributed by atoms with van der Waals surface area (Å²) in [5, 5.41) is 3.62. The molecule has 0 aromatic heterocycles. The van der Waals surface area contributed by atoms with E-state index in [-0.39, 0.29) is 5.82 Å². The monoisotopic (exact) mass is 302 g/mol. The third kappa shape index (κ3) is 5.43. The topological polar surface area (TPSA) is 90.9 Å². The maximum Gasteiger partial charge on any atom is 0.279 e. The molecule has 2 N–H and O–H groups in total. The molecule has 20 heavy (non-hydrogen) atoms. The Morgan fingerprint density at radius 1 is 1.35 bits per heavy atom. The van der Waals surface area contributed by atoms with Crippen LogP contribution >= 0.6 is 0 Å². The maximum absolute atomic E-state index is 12.6. The molecule has 0 unspecified atom stereocenters. The van der Waals surface area contributed by atoms with Crippen molar-refractivity contribution in [2.75, 3.05) is 20.6 Å². The standard InChI is InChI=1S/C11H15FN4O3S/c1-16(2)20(18,19)14-8-11(17)15-13-7-9-3-5-10(12)6-4-9/h3-7,14H,8H2,1-2H3,(H,15,17)/b13-7+. The number of carbonyl (C=O) groups is 1. The van der Waals surface area contributed by atoms with E-state index >= 15 is 0 Å². The maximum atomic E-state index is 12.6. The number of benzene rings is 1. The minimum atomic E-state index is -3.65. The molecule has 110 valence electrons. The molecule has 0 atom stereocenters. The van der Waals surface area contributed by atoms with Crippen LogP contribution in [-0.2, 0) is 15.0 Å². The van der Waals surface area contributed by atoms with Crippen LogP contribution in [-0.4, -0.2) is 45.5 Å². The van der Waals surface area contributed by atoms with E-state index in [0.717, 1.165) is 4.31 Å². The van der Waals surface area contributed by atoms with Crippen LogP contribution in [0.1, 0.15) is 5.56 Å². The van der Waals surface area contributed by atoms with E-state index in [9.17, 15) is 17.6 Å². The number of hydrogen-bond donors (Lipinski definition) is 2. The van der Waals surface area contributed by atoms with E-state index < -0.39 is 22.7 Å². The van der Waals surface area contributed by atoms with Crippen LogP contribution in [0.15, 0.2) is 29.4 Å². The molecule has 1 amide bonds. The van der Waals surface area contributed by atoms with Gasteiger partial charge in [-0.2, -0.15) is 22.5 Å². The molecule has 0 saturated carbocycles.